The number of benzene rings is 1. The zero-order valence-electron chi connectivity index (χ0n) is 15.2. The lowest BCUT2D eigenvalue weighted by molar-refractivity contribution is -0.126. The average molecular weight is 355 g/mol. The molecule has 1 aromatic carbocycles. The zero-order valence-corrected chi connectivity index (χ0v) is 15.2. The molecule has 2 aliphatic heterocycles. The maximum Gasteiger partial charge on any atom is 0.227 e. The molecule has 0 radical (unpaired) electrons. The van der Waals surface area contributed by atoms with Crippen LogP contribution in [0.1, 0.15) is 44.6 Å². The first-order valence-electron chi connectivity index (χ1n) is 9.54. The van der Waals surface area contributed by atoms with Gasteiger partial charge in [0.15, 0.2) is 0 Å². The van der Waals surface area contributed by atoms with Crippen molar-refractivity contribution in [1.29, 1.82) is 0 Å². The van der Waals surface area contributed by atoms with Crippen molar-refractivity contribution in [3.8, 4) is 0 Å². The Morgan fingerprint density at radius 2 is 1.96 bits per heavy atom. The van der Waals surface area contributed by atoms with E-state index in [1.807, 2.05) is 18.2 Å². The summed E-state index contributed by atoms with van der Waals surface area (Å²) in [7, 11) is 0. The number of amides is 3. The highest BCUT2D eigenvalue weighted by molar-refractivity contribution is 6.01. The van der Waals surface area contributed by atoms with Gasteiger partial charge in [0.05, 0.1) is 5.92 Å². The molecular weight excluding hydrogens is 330 g/mol. The summed E-state index contributed by atoms with van der Waals surface area (Å²) in [6.07, 6.45) is 5.52. The van der Waals surface area contributed by atoms with E-state index < -0.39 is 0 Å². The summed E-state index contributed by atoms with van der Waals surface area (Å²) in [6, 6.07) is 6.07. The maximum atomic E-state index is 12.5. The molecule has 3 aliphatic rings. The summed E-state index contributed by atoms with van der Waals surface area (Å²) in [4.78, 5) is 40.1. The van der Waals surface area contributed by atoms with E-state index in [1.54, 1.807) is 16.7 Å². The van der Waals surface area contributed by atoms with Crippen molar-refractivity contribution in [1.82, 2.24) is 5.32 Å². The van der Waals surface area contributed by atoms with Crippen LogP contribution in [0.4, 0.5) is 11.4 Å². The molecule has 0 bridgehead atoms. The van der Waals surface area contributed by atoms with Gasteiger partial charge < -0.3 is 15.1 Å². The van der Waals surface area contributed by atoms with Crippen LogP contribution in [0.2, 0.25) is 0 Å². The van der Waals surface area contributed by atoms with E-state index in [9.17, 15) is 14.4 Å². The molecule has 4 rings (SSSR count). The lowest BCUT2D eigenvalue weighted by Crippen LogP contribution is -2.38. The highest BCUT2D eigenvalue weighted by Gasteiger charge is 2.36. The summed E-state index contributed by atoms with van der Waals surface area (Å²) in [5, 5.41) is 3.11. The van der Waals surface area contributed by atoms with Crippen LogP contribution in [-0.4, -0.2) is 36.9 Å². The number of anilines is 2. The first-order chi connectivity index (χ1) is 12.5. The standard InChI is InChI=1S/C20H25N3O3/c1-13(24)22-9-8-14-10-17(6-7-18(14)22)23-12-15(11-19(23)25)20(26)21-16-4-2-3-5-16/h6-7,10,15-16H,2-5,8-9,11-12H2,1H3,(H,21,26)/t15-/m1/s1. The van der Waals surface area contributed by atoms with Gasteiger partial charge in [0.25, 0.3) is 0 Å². The first-order valence-corrected chi connectivity index (χ1v) is 9.54. The van der Waals surface area contributed by atoms with E-state index in [2.05, 4.69) is 5.32 Å². The number of carbonyl (C=O) groups excluding carboxylic acids is 3. The summed E-state index contributed by atoms with van der Waals surface area (Å²) >= 11 is 0. The van der Waals surface area contributed by atoms with Crippen molar-refractivity contribution in [2.24, 2.45) is 5.92 Å². The van der Waals surface area contributed by atoms with Gasteiger partial charge in [-0.15, -0.1) is 0 Å². The Labute approximate surface area is 153 Å². The van der Waals surface area contributed by atoms with Crippen molar-refractivity contribution in [3.63, 3.8) is 0 Å². The minimum absolute atomic E-state index is 0.00190. The molecule has 0 spiro atoms. The van der Waals surface area contributed by atoms with Crippen molar-refractivity contribution >= 4 is 29.1 Å². The van der Waals surface area contributed by atoms with Gasteiger partial charge in [-0.05, 0) is 43.0 Å². The van der Waals surface area contributed by atoms with Crippen molar-refractivity contribution in [2.45, 2.75) is 51.5 Å². The third kappa shape index (κ3) is 3.08. The van der Waals surface area contributed by atoms with Crippen LogP contribution in [0.5, 0.6) is 0 Å². The van der Waals surface area contributed by atoms with Gasteiger partial charge in [-0.25, -0.2) is 0 Å². The normalized spacial score (nSPS) is 22.8. The number of nitrogens with one attached hydrogen (secondary N) is 1. The number of rotatable bonds is 3. The van der Waals surface area contributed by atoms with Gasteiger partial charge >= 0.3 is 0 Å². The second-order valence-electron chi connectivity index (χ2n) is 7.63. The van der Waals surface area contributed by atoms with Gasteiger partial charge in [-0.3, -0.25) is 14.4 Å². The number of fused-ring (bicyclic) bond motifs is 1. The Morgan fingerprint density at radius 1 is 1.19 bits per heavy atom. The van der Waals surface area contributed by atoms with E-state index in [0.717, 1.165) is 36.2 Å². The smallest absolute Gasteiger partial charge is 0.227 e. The van der Waals surface area contributed by atoms with Crippen LogP contribution in [0, 0.1) is 5.92 Å². The van der Waals surface area contributed by atoms with Gasteiger partial charge in [-0.2, -0.15) is 0 Å². The molecule has 1 atom stereocenters. The minimum Gasteiger partial charge on any atom is -0.353 e. The van der Waals surface area contributed by atoms with Gasteiger partial charge in [0, 0.05) is 43.9 Å². The zero-order chi connectivity index (χ0) is 18.3. The largest absolute Gasteiger partial charge is 0.353 e. The fraction of sp³-hybridized carbons (Fsp3) is 0.550. The molecule has 6 heteroatoms. The summed E-state index contributed by atoms with van der Waals surface area (Å²) in [5.74, 6) is -0.225. The molecule has 2 fully saturated rings. The Morgan fingerprint density at radius 3 is 2.69 bits per heavy atom. The van der Waals surface area contributed by atoms with Gasteiger partial charge in [0.1, 0.15) is 0 Å². The van der Waals surface area contributed by atoms with Crippen LogP contribution in [0.15, 0.2) is 18.2 Å². The number of hydrogen-bond acceptors (Lipinski definition) is 3. The van der Waals surface area contributed by atoms with Gasteiger partial charge in [0.2, 0.25) is 17.7 Å². The molecule has 1 aromatic rings. The fourth-order valence-electron chi connectivity index (χ4n) is 4.41. The Hall–Kier alpha value is -2.37. The molecule has 0 aromatic heterocycles. The van der Waals surface area contributed by atoms with Crippen molar-refractivity contribution in [3.05, 3.63) is 23.8 Å². The monoisotopic (exact) mass is 355 g/mol. The lowest BCUT2D eigenvalue weighted by Gasteiger charge is -2.20. The van der Waals surface area contributed by atoms with Crippen LogP contribution in [0.3, 0.4) is 0 Å². The highest BCUT2D eigenvalue weighted by atomic mass is 16.2. The number of hydrogen-bond donors (Lipinski definition) is 1. The van der Waals surface area contributed by atoms with Crippen molar-refractivity contribution < 1.29 is 14.4 Å². The molecule has 1 saturated carbocycles. The third-order valence-corrected chi connectivity index (χ3v) is 5.85. The summed E-state index contributed by atoms with van der Waals surface area (Å²) in [6.45, 7) is 2.70. The highest BCUT2D eigenvalue weighted by Crippen LogP contribution is 2.34. The second kappa shape index (κ2) is 6.74. The van der Waals surface area contributed by atoms with Crippen LogP contribution in [0.25, 0.3) is 0 Å². The molecular formula is C20H25N3O3. The lowest BCUT2D eigenvalue weighted by atomic mass is 10.1. The molecule has 3 amide bonds. The first kappa shape index (κ1) is 17.1. The molecule has 1 aliphatic carbocycles. The number of nitrogens with zero attached hydrogens (tertiary/aromatic N) is 2. The molecule has 2 heterocycles. The van der Waals surface area contributed by atoms with E-state index in [-0.39, 0.29) is 36.1 Å². The van der Waals surface area contributed by atoms with E-state index in [4.69, 9.17) is 0 Å². The predicted molar refractivity (Wildman–Crippen MR) is 99.0 cm³/mol. The minimum atomic E-state index is -0.273. The molecule has 1 saturated heterocycles. The summed E-state index contributed by atoms with van der Waals surface area (Å²) in [5.41, 5.74) is 2.85. The predicted octanol–water partition coefficient (Wildman–Crippen LogP) is 2.01. The topological polar surface area (TPSA) is 69.7 Å². The molecule has 0 unspecified atom stereocenters. The Balaban J connectivity index is 1.46. The van der Waals surface area contributed by atoms with Crippen LogP contribution < -0.4 is 15.1 Å². The molecule has 6 nitrogen and oxygen atoms in total. The average Bonchev–Trinajstić information content (AvgIpc) is 3.33. The maximum absolute atomic E-state index is 12.5. The SMILES string of the molecule is CC(=O)N1CCc2cc(N3C[C@H](C(=O)NC4CCCC4)CC3=O)ccc21. The quantitative estimate of drug-likeness (QED) is 0.902. The molecule has 1 N–H and O–H groups in total. The Kier molecular flexibility index (Phi) is 4.42. The molecule has 26 heavy (non-hydrogen) atoms. The van der Waals surface area contributed by atoms with Crippen molar-refractivity contribution in [2.75, 3.05) is 22.9 Å². The van der Waals surface area contributed by atoms with E-state index >= 15 is 0 Å². The number of carbonyl (C=O) groups is 3. The van der Waals surface area contributed by atoms with E-state index in [1.165, 1.54) is 12.8 Å². The fourth-order valence-corrected chi connectivity index (χ4v) is 4.41. The second-order valence-corrected chi connectivity index (χ2v) is 7.63. The van der Waals surface area contributed by atoms with Crippen LogP contribution >= 0.6 is 0 Å². The van der Waals surface area contributed by atoms with Crippen LogP contribution in [-0.2, 0) is 20.8 Å². The van der Waals surface area contributed by atoms with Gasteiger partial charge in [-0.1, -0.05) is 12.8 Å². The van der Waals surface area contributed by atoms with E-state index in [0.29, 0.717) is 13.1 Å². The Bertz CT molecular complexity index is 755. The summed E-state index contributed by atoms with van der Waals surface area (Å²) < 4.78 is 0. The third-order valence-electron chi connectivity index (χ3n) is 5.85. The molecule has 138 valence electrons.